The number of hydrogen-bond donors (Lipinski definition) is 1. The molecule has 0 aromatic carbocycles. The molecule has 0 atom stereocenters. The molecule has 6 heteroatoms. The summed E-state index contributed by atoms with van der Waals surface area (Å²) in [4.78, 5) is 11.6. The van der Waals surface area contributed by atoms with Crippen molar-refractivity contribution in [2.45, 2.75) is 32.9 Å². The number of aromatic nitrogens is 4. The van der Waals surface area contributed by atoms with E-state index in [0.717, 1.165) is 18.7 Å². The number of hydrogen-bond acceptors (Lipinski definition) is 3. The van der Waals surface area contributed by atoms with E-state index in [2.05, 4.69) is 15.5 Å². The van der Waals surface area contributed by atoms with Gasteiger partial charge >= 0.3 is 0 Å². The number of amides is 1. The molecular formula is C13H19N5O. The second-order valence-corrected chi connectivity index (χ2v) is 4.42. The first-order valence-electron chi connectivity index (χ1n) is 6.48. The van der Waals surface area contributed by atoms with Crippen molar-refractivity contribution in [2.75, 3.05) is 6.54 Å². The van der Waals surface area contributed by atoms with Crippen molar-refractivity contribution in [3.63, 3.8) is 0 Å². The van der Waals surface area contributed by atoms with Gasteiger partial charge in [-0.15, -0.1) is 0 Å². The summed E-state index contributed by atoms with van der Waals surface area (Å²) in [6, 6.07) is 3.83. The number of nitrogens with one attached hydrogen (secondary N) is 1. The first-order chi connectivity index (χ1) is 9.25. The molecule has 6 nitrogen and oxygen atoms in total. The summed E-state index contributed by atoms with van der Waals surface area (Å²) >= 11 is 0. The smallest absolute Gasteiger partial charge is 0.221 e. The zero-order valence-corrected chi connectivity index (χ0v) is 11.1. The standard InChI is InChI=1S/C13H19N5O/c1-12-4-8-16-18(12)11-5-13(19)14-6-2-9-17-10-3-7-15-17/h3-4,7-8,10H,2,5-6,9,11H2,1H3,(H,14,19). The van der Waals surface area contributed by atoms with Gasteiger partial charge in [-0.1, -0.05) is 0 Å². The van der Waals surface area contributed by atoms with E-state index >= 15 is 0 Å². The lowest BCUT2D eigenvalue weighted by molar-refractivity contribution is -0.121. The molecule has 0 aliphatic carbocycles. The van der Waals surface area contributed by atoms with Crippen molar-refractivity contribution in [3.8, 4) is 0 Å². The van der Waals surface area contributed by atoms with Crippen LogP contribution in [0.2, 0.25) is 0 Å². The molecule has 0 saturated heterocycles. The van der Waals surface area contributed by atoms with Crippen LogP contribution in [-0.4, -0.2) is 32.0 Å². The summed E-state index contributed by atoms with van der Waals surface area (Å²) in [5.41, 5.74) is 1.08. The molecule has 2 aromatic rings. The molecule has 102 valence electrons. The van der Waals surface area contributed by atoms with Crippen molar-refractivity contribution >= 4 is 5.91 Å². The van der Waals surface area contributed by atoms with Gasteiger partial charge in [-0.25, -0.2) is 0 Å². The molecule has 0 spiro atoms. The fourth-order valence-electron chi connectivity index (χ4n) is 1.83. The Morgan fingerprint density at radius 2 is 2.21 bits per heavy atom. The highest BCUT2D eigenvalue weighted by molar-refractivity contribution is 5.75. The van der Waals surface area contributed by atoms with Gasteiger partial charge in [-0.05, 0) is 25.5 Å². The summed E-state index contributed by atoms with van der Waals surface area (Å²) in [6.07, 6.45) is 6.77. The van der Waals surface area contributed by atoms with Gasteiger partial charge in [0.15, 0.2) is 0 Å². The topological polar surface area (TPSA) is 64.7 Å². The van der Waals surface area contributed by atoms with Gasteiger partial charge in [0.25, 0.3) is 0 Å². The van der Waals surface area contributed by atoms with Gasteiger partial charge in [0.05, 0.1) is 0 Å². The zero-order chi connectivity index (χ0) is 13.5. The summed E-state index contributed by atoms with van der Waals surface area (Å²) < 4.78 is 3.70. The van der Waals surface area contributed by atoms with E-state index in [9.17, 15) is 4.79 Å². The van der Waals surface area contributed by atoms with Crippen LogP contribution in [0.15, 0.2) is 30.7 Å². The Kier molecular flexibility index (Phi) is 4.72. The molecule has 0 fully saturated rings. The predicted octanol–water partition coefficient (Wildman–Crippen LogP) is 0.985. The van der Waals surface area contributed by atoms with Crippen molar-refractivity contribution in [3.05, 3.63) is 36.4 Å². The fraction of sp³-hybridized carbons (Fsp3) is 0.462. The monoisotopic (exact) mass is 261 g/mol. The lowest BCUT2D eigenvalue weighted by Crippen LogP contribution is -2.26. The van der Waals surface area contributed by atoms with E-state index in [1.807, 2.05) is 34.6 Å². The zero-order valence-electron chi connectivity index (χ0n) is 11.1. The van der Waals surface area contributed by atoms with Gasteiger partial charge in [-0.3, -0.25) is 14.2 Å². The average Bonchev–Trinajstić information content (AvgIpc) is 3.04. The third kappa shape index (κ3) is 4.24. The number of carbonyl (C=O) groups excluding carboxylic acids is 1. The summed E-state index contributed by atoms with van der Waals surface area (Å²) in [5, 5.41) is 11.2. The van der Waals surface area contributed by atoms with E-state index in [0.29, 0.717) is 19.5 Å². The summed E-state index contributed by atoms with van der Waals surface area (Å²) in [6.45, 7) is 4.11. The number of carbonyl (C=O) groups is 1. The van der Waals surface area contributed by atoms with Crippen LogP contribution in [0.3, 0.4) is 0 Å². The predicted molar refractivity (Wildman–Crippen MR) is 71.4 cm³/mol. The largest absolute Gasteiger partial charge is 0.356 e. The van der Waals surface area contributed by atoms with Crippen molar-refractivity contribution < 1.29 is 4.79 Å². The van der Waals surface area contributed by atoms with E-state index in [-0.39, 0.29) is 5.91 Å². The normalized spacial score (nSPS) is 10.6. The van der Waals surface area contributed by atoms with E-state index in [4.69, 9.17) is 0 Å². The highest BCUT2D eigenvalue weighted by Gasteiger charge is 2.03. The Balaban J connectivity index is 1.58. The quantitative estimate of drug-likeness (QED) is 0.756. The maximum absolute atomic E-state index is 11.6. The molecular weight excluding hydrogens is 242 g/mol. The third-order valence-corrected chi connectivity index (χ3v) is 2.92. The number of rotatable bonds is 7. The summed E-state index contributed by atoms with van der Waals surface area (Å²) in [5.74, 6) is 0.0652. The minimum absolute atomic E-state index is 0.0652. The van der Waals surface area contributed by atoms with Gasteiger partial charge in [0, 0.05) is 50.3 Å². The van der Waals surface area contributed by atoms with E-state index in [1.165, 1.54) is 0 Å². The molecule has 0 aliphatic rings. The van der Waals surface area contributed by atoms with Gasteiger partial charge in [0.1, 0.15) is 0 Å². The van der Waals surface area contributed by atoms with E-state index in [1.54, 1.807) is 12.4 Å². The second-order valence-electron chi connectivity index (χ2n) is 4.42. The lowest BCUT2D eigenvalue weighted by Gasteiger charge is -2.06. The van der Waals surface area contributed by atoms with Gasteiger partial charge < -0.3 is 5.32 Å². The van der Waals surface area contributed by atoms with Crippen LogP contribution in [-0.2, 0) is 17.9 Å². The van der Waals surface area contributed by atoms with Crippen LogP contribution in [0.5, 0.6) is 0 Å². The van der Waals surface area contributed by atoms with Crippen LogP contribution in [0.1, 0.15) is 18.5 Å². The van der Waals surface area contributed by atoms with Crippen molar-refractivity contribution in [2.24, 2.45) is 0 Å². The first kappa shape index (κ1) is 13.3. The molecule has 2 heterocycles. The van der Waals surface area contributed by atoms with E-state index < -0.39 is 0 Å². The van der Waals surface area contributed by atoms with Gasteiger partial charge in [-0.2, -0.15) is 10.2 Å². The molecule has 2 rings (SSSR count). The minimum Gasteiger partial charge on any atom is -0.356 e. The highest BCUT2D eigenvalue weighted by Crippen LogP contribution is 1.97. The Labute approximate surface area is 112 Å². The molecule has 1 amide bonds. The van der Waals surface area contributed by atoms with Crippen LogP contribution < -0.4 is 5.32 Å². The second kappa shape index (κ2) is 6.72. The number of aryl methyl sites for hydroxylation is 3. The van der Waals surface area contributed by atoms with Crippen LogP contribution >= 0.6 is 0 Å². The third-order valence-electron chi connectivity index (χ3n) is 2.92. The van der Waals surface area contributed by atoms with Crippen LogP contribution in [0.25, 0.3) is 0 Å². The van der Waals surface area contributed by atoms with Crippen molar-refractivity contribution in [1.29, 1.82) is 0 Å². The maximum atomic E-state index is 11.6. The molecule has 19 heavy (non-hydrogen) atoms. The maximum Gasteiger partial charge on any atom is 0.221 e. The Morgan fingerprint density at radius 3 is 2.89 bits per heavy atom. The average molecular weight is 261 g/mol. The van der Waals surface area contributed by atoms with Crippen LogP contribution in [0.4, 0.5) is 0 Å². The molecule has 0 saturated carbocycles. The molecule has 0 bridgehead atoms. The minimum atomic E-state index is 0.0652. The molecule has 2 aromatic heterocycles. The summed E-state index contributed by atoms with van der Waals surface area (Å²) in [7, 11) is 0. The Morgan fingerprint density at radius 1 is 1.32 bits per heavy atom. The molecule has 0 radical (unpaired) electrons. The van der Waals surface area contributed by atoms with Crippen molar-refractivity contribution in [1.82, 2.24) is 24.9 Å². The fourth-order valence-corrected chi connectivity index (χ4v) is 1.83. The van der Waals surface area contributed by atoms with Crippen LogP contribution in [0, 0.1) is 6.92 Å². The Hall–Kier alpha value is -2.11. The lowest BCUT2D eigenvalue weighted by atomic mass is 10.3. The molecule has 1 N–H and O–H groups in total. The highest BCUT2D eigenvalue weighted by atomic mass is 16.1. The first-order valence-corrected chi connectivity index (χ1v) is 6.48. The number of nitrogens with zero attached hydrogens (tertiary/aromatic N) is 4. The molecule has 0 aliphatic heterocycles. The SMILES string of the molecule is Cc1ccnn1CCC(=O)NCCCn1cccn1. The Bertz CT molecular complexity index is 503. The molecule has 0 unspecified atom stereocenters. The van der Waals surface area contributed by atoms with Gasteiger partial charge in [0.2, 0.25) is 5.91 Å².